The molecule has 0 bridgehead atoms. The van der Waals surface area contributed by atoms with E-state index in [-0.39, 0.29) is 5.75 Å². The Morgan fingerprint density at radius 1 is 0.800 bits per heavy atom. The molecule has 0 saturated carbocycles. The van der Waals surface area contributed by atoms with Gasteiger partial charge in [-0.3, -0.25) is 4.99 Å². The van der Waals surface area contributed by atoms with Crippen LogP contribution >= 0.6 is 15.9 Å². The Labute approximate surface area is 182 Å². The van der Waals surface area contributed by atoms with Crippen LogP contribution < -0.4 is 9.64 Å². The molecule has 30 heavy (non-hydrogen) atoms. The van der Waals surface area contributed by atoms with Gasteiger partial charge in [-0.15, -0.1) is 0 Å². The fourth-order valence-electron chi connectivity index (χ4n) is 3.44. The molecule has 0 fully saturated rings. The van der Waals surface area contributed by atoms with E-state index in [9.17, 15) is 5.11 Å². The molecule has 4 aromatic carbocycles. The highest BCUT2D eigenvalue weighted by atomic mass is 79.9. The van der Waals surface area contributed by atoms with Gasteiger partial charge in [-0.2, -0.15) is 0 Å². The zero-order valence-electron chi connectivity index (χ0n) is 15.9. The van der Waals surface area contributed by atoms with Gasteiger partial charge in [-0.05, 0) is 60.2 Å². The minimum Gasteiger partial charge on any atom is -0.506 e. The van der Waals surface area contributed by atoms with Gasteiger partial charge in [-0.25, -0.2) is 0 Å². The van der Waals surface area contributed by atoms with Crippen LogP contribution in [0.25, 0.3) is 0 Å². The van der Waals surface area contributed by atoms with Gasteiger partial charge in [0, 0.05) is 16.4 Å². The number of hydrogen-bond acceptors (Lipinski definition) is 4. The fourth-order valence-corrected chi connectivity index (χ4v) is 3.79. The summed E-state index contributed by atoms with van der Waals surface area (Å²) in [6.45, 7) is 0. The van der Waals surface area contributed by atoms with Gasteiger partial charge >= 0.3 is 0 Å². The number of para-hydroxylation sites is 4. The predicted octanol–water partition coefficient (Wildman–Crippen LogP) is 7.48. The van der Waals surface area contributed by atoms with Crippen molar-refractivity contribution in [3.05, 3.63) is 101 Å². The summed E-state index contributed by atoms with van der Waals surface area (Å²) in [5.74, 6) is 1.79. The molecular weight excluding hydrogens is 440 g/mol. The first-order chi connectivity index (χ1) is 14.7. The van der Waals surface area contributed by atoms with Crippen LogP contribution in [0.2, 0.25) is 0 Å². The van der Waals surface area contributed by atoms with Crippen LogP contribution in [0.3, 0.4) is 0 Å². The van der Waals surface area contributed by atoms with E-state index >= 15 is 0 Å². The second kappa shape index (κ2) is 7.69. The number of phenols is 1. The van der Waals surface area contributed by atoms with Crippen molar-refractivity contribution >= 4 is 44.9 Å². The van der Waals surface area contributed by atoms with Crippen molar-refractivity contribution in [3.63, 3.8) is 0 Å². The van der Waals surface area contributed by atoms with Crippen molar-refractivity contribution < 1.29 is 9.84 Å². The molecule has 5 heteroatoms. The van der Waals surface area contributed by atoms with Crippen LogP contribution in [-0.2, 0) is 0 Å². The third kappa shape index (κ3) is 3.44. The zero-order chi connectivity index (χ0) is 20.5. The number of hydrogen-bond donors (Lipinski definition) is 1. The maximum atomic E-state index is 10.0. The van der Waals surface area contributed by atoms with Gasteiger partial charge < -0.3 is 14.7 Å². The Bertz CT molecular complexity index is 1210. The maximum absolute atomic E-state index is 10.0. The number of halogens is 1. The van der Waals surface area contributed by atoms with Crippen LogP contribution in [-0.4, -0.2) is 11.3 Å². The summed E-state index contributed by atoms with van der Waals surface area (Å²) < 4.78 is 6.88. The lowest BCUT2D eigenvalue weighted by molar-refractivity contribution is 0.476. The highest BCUT2D eigenvalue weighted by Gasteiger charge is 2.24. The molecule has 1 aliphatic rings. The molecule has 0 aliphatic carbocycles. The van der Waals surface area contributed by atoms with E-state index < -0.39 is 0 Å². The largest absolute Gasteiger partial charge is 0.506 e. The molecule has 0 amide bonds. The van der Waals surface area contributed by atoms with Crippen LogP contribution in [0.5, 0.6) is 17.2 Å². The number of ether oxygens (including phenoxy) is 1. The number of anilines is 3. The summed E-state index contributed by atoms with van der Waals surface area (Å²) in [5, 5.41) is 10.0. The number of aliphatic imine (C=N–C) groups is 1. The standard InChI is InChI=1S/C25H17BrN2O2/c26-18-11-14-20(23(29)15-18)27-16-17-9-12-19(13-10-17)28-21-5-1-3-7-24(21)30-25-8-4-2-6-22(25)28/h1-16,29H. The van der Waals surface area contributed by atoms with E-state index in [1.807, 2.05) is 54.6 Å². The quantitative estimate of drug-likeness (QED) is 0.286. The first-order valence-electron chi connectivity index (χ1n) is 9.48. The number of fused-ring (bicyclic) bond motifs is 2. The molecule has 0 saturated heterocycles. The summed E-state index contributed by atoms with van der Waals surface area (Å²) >= 11 is 3.34. The lowest BCUT2D eigenvalue weighted by Crippen LogP contribution is -2.15. The monoisotopic (exact) mass is 456 g/mol. The van der Waals surface area contributed by atoms with E-state index in [0.717, 1.165) is 38.6 Å². The van der Waals surface area contributed by atoms with E-state index in [0.29, 0.717) is 5.69 Å². The summed E-state index contributed by atoms with van der Waals surface area (Å²) in [6, 6.07) is 29.4. The van der Waals surface area contributed by atoms with E-state index in [1.165, 1.54) is 0 Å². The molecule has 4 nitrogen and oxygen atoms in total. The number of phenolic OH excluding ortho intramolecular Hbond substituents is 1. The minimum absolute atomic E-state index is 0.138. The number of aromatic hydroxyl groups is 1. The van der Waals surface area contributed by atoms with Crippen molar-refractivity contribution in [2.24, 2.45) is 4.99 Å². The van der Waals surface area contributed by atoms with E-state index in [2.05, 4.69) is 50.1 Å². The minimum atomic E-state index is 0.138. The molecular formula is C25H17BrN2O2. The Kier molecular flexibility index (Phi) is 4.73. The summed E-state index contributed by atoms with van der Waals surface area (Å²) in [4.78, 5) is 6.59. The van der Waals surface area contributed by atoms with Crippen LogP contribution in [0, 0.1) is 0 Å². The lowest BCUT2D eigenvalue weighted by atomic mass is 10.1. The van der Waals surface area contributed by atoms with Gasteiger partial charge in [0.1, 0.15) is 11.4 Å². The average Bonchev–Trinajstić information content (AvgIpc) is 2.77. The molecule has 5 rings (SSSR count). The Hall–Kier alpha value is -3.57. The maximum Gasteiger partial charge on any atom is 0.151 e. The topological polar surface area (TPSA) is 45.1 Å². The summed E-state index contributed by atoms with van der Waals surface area (Å²) in [5.41, 5.74) is 4.49. The Morgan fingerprint density at radius 2 is 1.43 bits per heavy atom. The van der Waals surface area contributed by atoms with Crippen LogP contribution in [0.4, 0.5) is 22.7 Å². The van der Waals surface area contributed by atoms with Gasteiger partial charge in [0.2, 0.25) is 0 Å². The molecule has 0 unspecified atom stereocenters. The number of benzene rings is 4. The van der Waals surface area contributed by atoms with Crippen LogP contribution in [0.1, 0.15) is 5.56 Å². The smallest absolute Gasteiger partial charge is 0.151 e. The third-order valence-corrected chi connectivity index (χ3v) is 5.37. The van der Waals surface area contributed by atoms with Crippen molar-refractivity contribution in [1.29, 1.82) is 0 Å². The molecule has 4 aromatic rings. The molecule has 146 valence electrons. The Balaban J connectivity index is 1.48. The molecule has 0 atom stereocenters. The fraction of sp³-hybridized carbons (Fsp3) is 0. The van der Waals surface area contributed by atoms with Crippen molar-refractivity contribution in [2.75, 3.05) is 4.90 Å². The Morgan fingerprint density at radius 3 is 2.07 bits per heavy atom. The van der Waals surface area contributed by atoms with Gasteiger partial charge in [0.05, 0.1) is 11.4 Å². The van der Waals surface area contributed by atoms with Gasteiger partial charge in [-0.1, -0.05) is 52.3 Å². The van der Waals surface area contributed by atoms with Gasteiger partial charge in [0.15, 0.2) is 11.5 Å². The summed E-state index contributed by atoms with van der Waals surface area (Å²) in [7, 11) is 0. The van der Waals surface area contributed by atoms with E-state index in [4.69, 9.17) is 4.74 Å². The zero-order valence-corrected chi connectivity index (χ0v) is 17.5. The van der Waals surface area contributed by atoms with Gasteiger partial charge in [0.25, 0.3) is 0 Å². The first kappa shape index (κ1) is 18.5. The predicted molar refractivity (Wildman–Crippen MR) is 124 cm³/mol. The summed E-state index contributed by atoms with van der Waals surface area (Å²) in [6.07, 6.45) is 1.74. The molecule has 0 aromatic heterocycles. The molecule has 0 radical (unpaired) electrons. The molecule has 1 aliphatic heterocycles. The average molecular weight is 457 g/mol. The van der Waals surface area contributed by atoms with Crippen molar-refractivity contribution in [3.8, 4) is 17.2 Å². The molecule has 0 spiro atoms. The van der Waals surface area contributed by atoms with E-state index in [1.54, 1.807) is 18.3 Å². The second-order valence-corrected chi connectivity index (χ2v) is 7.77. The second-order valence-electron chi connectivity index (χ2n) is 6.86. The highest BCUT2D eigenvalue weighted by Crippen LogP contribution is 2.49. The molecule has 1 N–H and O–H groups in total. The first-order valence-corrected chi connectivity index (χ1v) is 10.3. The van der Waals surface area contributed by atoms with Crippen LogP contribution in [0.15, 0.2) is 100 Å². The van der Waals surface area contributed by atoms with Crippen molar-refractivity contribution in [2.45, 2.75) is 0 Å². The number of rotatable bonds is 3. The third-order valence-electron chi connectivity index (χ3n) is 4.87. The number of nitrogens with zero attached hydrogens (tertiary/aromatic N) is 2. The normalized spacial score (nSPS) is 12.4. The SMILES string of the molecule is Oc1cc(Br)ccc1N=Cc1ccc(N2c3ccccc3Oc3ccccc32)cc1. The molecule has 1 heterocycles. The lowest BCUT2D eigenvalue weighted by Gasteiger charge is -2.32. The van der Waals surface area contributed by atoms with Crippen molar-refractivity contribution in [1.82, 2.24) is 0 Å². The highest BCUT2D eigenvalue weighted by molar-refractivity contribution is 9.10.